The molecule has 4 aromatic carbocycles. The fourth-order valence-corrected chi connectivity index (χ4v) is 6.07. The second-order valence-electron chi connectivity index (χ2n) is 10.2. The third-order valence-electron chi connectivity index (χ3n) is 7.95. The summed E-state index contributed by atoms with van der Waals surface area (Å²) < 4.78 is 0. The van der Waals surface area contributed by atoms with Crippen molar-refractivity contribution in [3.63, 3.8) is 0 Å². The summed E-state index contributed by atoms with van der Waals surface area (Å²) in [4.78, 5) is 20.3. The number of benzene rings is 4. The van der Waals surface area contributed by atoms with Crippen LogP contribution in [0.1, 0.15) is 69.2 Å². The first kappa shape index (κ1) is 24.1. The van der Waals surface area contributed by atoms with Gasteiger partial charge in [-0.25, -0.2) is 0 Å². The van der Waals surface area contributed by atoms with Gasteiger partial charge in [0.1, 0.15) is 5.84 Å². The number of rotatable bonds is 0. The Labute approximate surface area is 247 Å². The molecule has 9 rings (SSSR count). The molecule has 41 heavy (non-hydrogen) atoms. The van der Waals surface area contributed by atoms with E-state index in [1.165, 1.54) is 0 Å². The summed E-state index contributed by atoms with van der Waals surface area (Å²) in [6.07, 6.45) is -1.63. The average molecular weight is 581 g/mol. The van der Waals surface area contributed by atoms with Crippen LogP contribution in [0.25, 0.3) is 16.0 Å². The molecule has 5 aliphatic heterocycles. The van der Waals surface area contributed by atoms with E-state index in [2.05, 4.69) is 53.8 Å². The monoisotopic (exact) mass is 580 g/mol. The van der Waals surface area contributed by atoms with Gasteiger partial charge in [0.2, 0.25) is 0 Å². The number of nitrogens with one attached hydrogen (secondary N) is 1. The molecule has 0 aromatic heterocycles. The molecular formula is C32H21CuN8-3. The maximum Gasteiger partial charge on any atom is 0.129 e. The Bertz CT molecular complexity index is 1860. The number of amidine groups is 4. The van der Waals surface area contributed by atoms with Crippen molar-refractivity contribution in [3.8, 4) is 0 Å². The van der Waals surface area contributed by atoms with Crippen LogP contribution >= 0.6 is 0 Å². The first-order valence-corrected chi connectivity index (χ1v) is 13.4. The Morgan fingerprint density at radius 1 is 0.463 bits per heavy atom. The molecule has 5 aliphatic rings. The molecule has 0 spiro atoms. The van der Waals surface area contributed by atoms with Crippen molar-refractivity contribution in [2.45, 2.75) is 24.7 Å². The maximum atomic E-state index is 5.09. The topological polar surface area (TPSA) is 104 Å². The minimum absolute atomic E-state index is 0. The standard InChI is InChI=1S/C32H21N8.Cu/c1-2-10-18-17(9-1)25-33-26(18)38-28-21-13-5-6-14-22(21)30(35-28)40-32-24-16-8-7-15-23(24)31(36-32)39-29-20-12-4-3-11-19(20)27(34-29)37-25;/h1-16,25,28-29,32H,(H-3,33,34,35,36,37,38,39,40);/q-3;. The van der Waals surface area contributed by atoms with E-state index >= 15 is 0 Å². The smallest absolute Gasteiger partial charge is 0.129 e. The maximum absolute atomic E-state index is 5.09. The van der Waals surface area contributed by atoms with Gasteiger partial charge in [0, 0.05) is 22.6 Å². The Balaban J connectivity index is 0.00000256. The molecule has 4 aromatic rings. The predicted molar refractivity (Wildman–Crippen MR) is 156 cm³/mol. The van der Waals surface area contributed by atoms with Crippen LogP contribution in [0.2, 0.25) is 0 Å². The molecule has 0 saturated heterocycles. The number of nitrogens with zero attached hydrogens (tertiary/aromatic N) is 7. The van der Waals surface area contributed by atoms with Gasteiger partial charge >= 0.3 is 0 Å². The molecule has 5 heterocycles. The van der Waals surface area contributed by atoms with Crippen LogP contribution in [0.3, 0.4) is 0 Å². The van der Waals surface area contributed by atoms with Gasteiger partial charge in [-0.05, 0) is 51.3 Å². The second-order valence-corrected chi connectivity index (χ2v) is 10.2. The largest absolute Gasteiger partial charge is 0.458 e. The van der Waals surface area contributed by atoms with E-state index in [-0.39, 0.29) is 23.2 Å². The third-order valence-corrected chi connectivity index (χ3v) is 7.95. The molecule has 9 heteroatoms. The van der Waals surface area contributed by atoms with Crippen LogP contribution in [0.4, 0.5) is 0 Å². The second kappa shape index (κ2) is 9.16. The van der Waals surface area contributed by atoms with Gasteiger partial charge in [0.25, 0.3) is 0 Å². The van der Waals surface area contributed by atoms with Crippen molar-refractivity contribution in [2.24, 2.45) is 20.0 Å². The summed E-state index contributed by atoms with van der Waals surface area (Å²) >= 11 is 0. The van der Waals surface area contributed by atoms with Crippen molar-refractivity contribution in [1.29, 1.82) is 0 Å². The minimum atomic E-state index is -0.444. The van der Waals surface area contributed by atoms with Gasteiger partial charge in [-0.15, -0.1) is 0 Å². The minimum Gasteiger partial charge on any atom is -0.458 e. The Morgan fingerprint density at radius 2 is 0.927 bits per heavy atom. The number of hydrogen-bond acceptors (Lipinski definition) is 5. The van der Waals surface area contributed by atoms with Crippen LogP contribution in [-0.2, 0) is 17.1 Å². The number of aliphatic imine (C=N–C) groups is 4. The quantitative estimate of drug-likeness (QED) is 0.234. The molecule has 4 atom stereocenters. The first-order valence-electron chi connectivity index (χ1n) is 13.4. The van der Waals surface area contributed by atoms with Gasteiger partial charge in [-0.3, -0.25) is 4.99 Å². The van der Waals surface area contributed by atoms with Crippen LogP contribution in [-0.4, -0.2) is 23.3 Å². The summed E-state index contributed by atoms with van der Waals surface area (Å²) in [5.74, 6) is 2.74. The van der Waals surface area contributed by atoms with Gasteiger partial charge < -0.3 is 36.2 Å². The SMILES string of the molecule is [Cu].c1ccc2c(c1)C1=NC2/N=C2\[N-]C(/N=C3\[N-]C(/N=C4\[N-]C(N1)c1ccccc14)c1ccccc13)c1ccccc12. The fraction of sp³-hybridized carbons (Fsp3) is 0.125. The zero-order valence-electron chi connectivity index (χ0n) is 21.5. The van der Waals surface area contributed by atoms with E-state index in [4.69, 9.17) is 35.9 Å². The van der Waals surface area contributed by atoms with E-state index in [1.807, 2.05) is 48.5 Å². The van der Waals surface area contributed by atoms with Gasteiger partial charge in [-0.1, -0.05) is 115 Å². The molecule has 8 nitrogen and oxygen atoms in total. The van der Waals surface area contributed by atoms with E-state index < -0.39 is 18.5 Å². The van der Waals surface area contributed by atoms with Gasteiger partial charge in [0.05, 0.1) is 12.3 Å². The summed E-state index contributed by atoms with van der Waals surface area (Å²) in [5.41, 5.74) is 8.08. The molecular weight excluding hydrogens is 560 g/mol. The van der Waals surface area contributed by atoms with Crippen molar-refractivity contribution in [2.75, 3.05) is 0 Å². The Hall–Kier alpha value is -4.72. The normalized spacial score (nSPS) is 27.6. The fourth-order valence-electron chi connectivity index (χ4n) is 6.07. The van der Waals surface area contributed by atoms with Gasteiger partial charge in [-0.2, -0.15) is 0 Å². The molecule has 0 amide bonds. The molecule has 1 N–H and O–H groups in total. The Morgan fingerprint density at radius 3 is 1.56 bits per heavy atom. The molecule has 8 bridgehead atoms. The summed E-state index contributed by atoms with van der Waals surface area (Å²) in [6.45, 7) is 0. The van der Waals surface area contributed by atoms with Gasteiger partial charge in [0.15, 0.2) is 0 Å². The van der Waals surface area contributed by atoms with E-state index in [1.54, 1.807) is 0 Å². The average Bonchev–Trinajstić information content (AvgIpc) is 3.73. The Kier molecular flexibility index (Phi) is 5.38. The van der Waals surface area contributed by atoms with Crippen LogP contribution in [0, 0.1) is 0 Å². The van der Waals surface area contributed by atoms with Crippen LogP contribution < -0.4 is 5.32 Å². The molecule has 0 aliphatic carbocycles. The molecule has 0 saturated carbocycles. The van der Waals surface area contributed by atoms with E-state index in [9.17, 15) is 0 Å². The summed E-state index contributed by atoms with van der Waals surface area (Å²) in [5, 5.41) is 18.6. The van der Waals surface area contributed by atoms with Crippen molar-refractivity contribution in [1.82, 2.24) is 5.32 Å². The summed E-state index contributed by atoms with van der Waals surface area (Å²) in [7, 11) is 0. The number of fused-ring (bicyclic) bond motifs is 19. The van der Waals surface area contributed by atoms with E-state index in [0.717, 1.165) is 50.3 Å². The van der Waals surface area contributed by atoms with Crippen molar-refractivity contribution >= 4 is 23.3 Å². The predicted octanol–water partition coefficient (Wildman–Crippen LogP) is 6.54. The van der Waals surface area contributed by atoms with Crippen molar-refractivity contribution in [3.05, 3.63) is 158 Å². The molecule has 203 valence electrons. The van der Waals surface area contributed by atoms with E-state index in [0.29, 0.717) is 17.5 Å². The first-order chi connectivity index (χ1) is 19.8. The zero-order valence-corrected chi connectivity index (χ0v) is 22.4. The third kappa shape index (κ3) is 3.66. The molecule has 0 fully saturated rings. The van der Waals surface area contributed by atoms with Crippen LogP contribution in [0.15, 0.2) is 117 Å². The molecule has 4 unspecified atom stereocenters. The van der Waals surface area contributed by atoms with Crippen molar-refractivity contribution < 1.29 is 17.1 Å². The zero-order chi connectivity index (χ0) is 26.2. The number of hydrogen-bond donors (Lipinski definition) is 1. The van der Waals surface area contributed by atoms with Crippen LogP contribution in [0.5, 0.6) is 0 Å². The summed E-state index contributed by atoms with van der Waals surface area (Å²) in [6, 6.07) is 32.7. The molecule has 1 radical (unpaired) electrons.